The van der Waals surface area contributed by atoms with Gasteiger partial charge in [-0.25, -0.2) is 0 Å². The van der Waals surface area contributed by atoms with Crippen molar-refractivity contribution in [3.8, 4) is 33.6 Å². The topological polar surface area (TPSA) is 9.86 Å². The monoisotopic (exact) mass is 676 g/mol. The van der Waals surface area contributed by atoms with E-state index in [9.17, 15) is 0 Å². The van der Waals surface area contributed by atoms with E-state index in [-0.39, 0.29) is 5.41 Å². The van der Waals surface area contributed by atoms with Gasteiger partial charge in [0, 0.05) is 38.3 Å². The minimum Gasteiger partial charge on any atom is -0.309 e. The summed E-state index contributed by atoms with van der Waals surface area (Å²) in [6.07, 6.45) is 4.38. The molecule has 2 heterocycles. The van der Waals surface area contributed by atoms with E-state index in [1.807, 2.05) is 0 Å². The van der Waals surface area contributed by atoms with Crippen LogP contribution in [-0.2, 0) is 5.41 Å². The molecule has 2 nitrogen and oxygen atoms in total. The van der Waals surface area contributed by atoms with Gasteiger partial charge in [0.2, 0.25) is 0 Å². The van der Waals surface area contributed by atoms with Crippen molar-refractivity contribution >= 4 is 43.6 Å². The maximum absolute atomic E-state index is 2.51. The zero-order valence-corrected chi connectivity index (χ0v) is 29.3. The summed E-state index contributed by atoms with van der Waals surface area (Å²) in [7, 11) is 0. The van der Waals surface area contributed by atoms with Crippen LogP contribution in [0.3, 0.4) is 0 Å². The highest BCUT2D eigenvalue weighted by Crippen LogP contribution is 2.95. The van der Waals surface area contributed by atoms with Crippen LogP contribution in [0, 0.1) is 29.1 Å². The number of para-hydroxylation sites is 3. The normalized spacial score (nSPS) is 26.8. The second-order valence-electron chi connectivity index (χ2n) is 16.8. The summed E-state index contributed by atoms with van der Waals surface area (Å²) >= 11 is 0. The minimum atomic E-state index is 0.229. The molecule has 53 heavy (non-hydrogen) atoms. The van der Waals surface area contributed by atoms with Gasteiger partial charge in [-0.15, -0.1) is 0 Å². The maximum atomic E-state index is 2.51. The number of rotatable bonds is 3. The standard InChI is InChI=1S/C51H36N2/c1-5-15-41-40(13-1)49-35(14-9-16-42(49)51(41)47-28-31-27-32-29-48(51)50(31,32)47)30-20-25-39-38-12-4-8-19-45(38)53(46(39)26-30)34-23-21-33(22-24-34)52-43-17-6-2-10-36(43)37-11-3-7-18-44(37)52/h1-26,31-32,47-48H,27-29H2. The van der Waals surface area contributed by atoms with Crippen molar-refractivity contribution < 1.29 is 0 Å². The maximum Gasteiger partial charge on any atom is 0.0547 e. The first-order valence-electron chi connectivity index (χ1n) is 19.6. The van der Waals surface area contributed by atoms with E-state index in [0.717, 1.165) is 23.7 Å². The predicted octanol–water partition coefficient (Wildman–Crippen LogP) is 12.5. The smallest absolute Gasteiger partial charge is 0.0547 e. The van der Waals surface area contributed by atoms with Crippen molar-refractivity contribution in [3.05, 3.63) is 169 Å². The van der Waals surface area contributed by atoms with Crippen molar-refractivity contribution in [2.45, 2.75) is 24.7 Å². The molecule has 5 aliphatic carbocycles. The average molecular weight is 677 g/mol. The number of hydrogen-bond donors (Lipinski definition) is 0. The van der Waals surface area contributed by atoms with Crippen LogP contribution in [0.5, 0.6) is 0 Å². The van der Waals surface area contributed by atoms with Crippen LogP contribution in [0.2, 0.25) is 0 Å². The highest BCUT2D eigenvalue weighted by molar-refractivity contribution is 6.11. The van der Waals surface area contributed by atoms with E-state index in [0.29, 0.717) is 5.41 Å². The number of hydrogen-bond acceptors (Lipinski definition) is 0. The molecule has 4 unspecified atom stereocenters. The lowest BCUT2D eigenvalue weighted by molar-refractivity contribution is -0.412. The zero-order valence-electron chi connectivity index (χ0n) is 29.3. The second-order valence-corrected chi connectivity index (χ2v) is 16.8. The molecule has 0 saturated heterocycles. The molecule has 2 spiro atoms. The van der Waals surface area contributed by atoms with Gasteiger partial charge in [0.15, 0.2) is 0 Å². The Kier molecular flexibility index (Phi) is 4.81. The molecule has 0 amide bonds. The second kappa shape index (κ2) is 9.19. The minimum absolute atomic E-state index is 0.229. The molecule has 0 radical (unpaired) electrons. The lowest BCUT2D eigenvalue weighted by Crippen LogP contribution is -2.88. The fraction of sp³-hybridized carbons (Fsp3) is 0.176. The Bertz CT molecular complexity index is 3010. The lowest BCUT2D eigenvalue weighted by Gasteiger charge is -2.92. The molecule has 0 aliphatic heterocycles. The molecule has 0 bridgehead atoms. The Morgan fingerprint density at radius 3 is 1.55 bits per heavy atom. The van der Waals surface area contributed by atoms with Gasteiger partial charge in [0.1, 0.15) is 0 Å². The van der Waals surface area contributed by atoms with Gasteiger partial charge in [-0.1, -0.05) is 109 Å². The first kappa shape index (κ1) is 27.7. The first-order chi connectivity index (χ1) is 26.3. The molecule has 9 aromatic rings. The van der Waals surface area contributed by atoms with Crippen molar-refractivity contribution in [3.63, 3.8) is 0 Å². The molecular weight excluding hydrogens is 641 g/mol. The number of nitrogens with zero attached hydrogens (tertiary/aromatic N) is 2. The lowest BCUT2D eigenvalue weighted by atomic mass is 9.11. The van der Waals surface area contributed by atoms with Crippen LogP contribution in [0.4, 0.5) is 0 Å². The molecule has 4 fully saturated rings. The molecule has 2 aromatic heterocycles. The Labute approximate surface area is 307 Å². The Balaban J connectivity index is 0.951. The molecule has 14 rings (SSSR count). The van der Waals surface area contributed by atoms with Gasteiger partial charge in [-0.2, -0.15) is 0 Å². The molecule has 250 valence electrons. The number of aromatic nitrogens is 2. The molecule has 4 saturated carbocycles. The molecule has 2 heteroatoms. The van der Waals surface area contributed by atoms with Crippen LogP contribution in [0.1, 0.15) is 30.4 Å². The quantitative estimate of drug-likeness (QED) is 0.176. The number of fused-ring (bicyclic) bond motifs is 13. The van der Waals surface area contributed by atoms with E-state index < -0.39 is 0 Å². The van der Waals surface area contributed by atoms with Crippen molar-refractivity contribution in [1.29, 1.82) is 0 Å². The third-order valence-electron chi connectivity index (χ3n) is 15.4. The van der Waals surface area contributed by atoms with Crippen LogP contribution >= 0.6 is 0 Å². The summed E-state index contributed by atoms with van der Waals surface area (Å²) in [5, 5.41) is 5.17. The van der Waals surface area contributed by atoms with E-state index in [1.54, 1.807) is 11.1 Å². The van der Waals surface area contributed by atoms with E-state index in [4.69, 9.17) is 0 Å². The highest BCUT2D eigenvalue weighted by atomic mass is 15.0. The molecule has 0 N–H and O–H groups in total. The van der Waals surface area contributed by atoms with Crippen LogP contribution in [0.15, 0.2) is 158 Å². The van der Waals surface area contributed by atoms with Crippen molar-refractivity contribution in [1.82, 2.24) is 9.13 Å². The van der Waals surface area contributed by atoms with Crippen molar-refractivity contribution in [2.75, 3.05) is 0 Å². The fourth-order valence-corrected chi connectivity index (χ4v) is 13.6. The van der Waals surface area contributed by atoms with E-state index in [1.165, 1.54) is 96.5 Å². The first-order valence-corrected chi connectivity index (χ1v) is 19.6. The third kappa shape index (κ3) is 2.93. The SMILES string of the molecule is c1ccc2c(c1)-c1c(-c3ccc4c5ccccc5n(-c5ccc(-n6c7ccccc7c7ccccc76)cc5)c4c3)cccc1C21C2CC3CC4CC1C342. The highest BCUT2D eigenvalue weighted by Gasteiger charge is 2.90. The van der Waals surface area contributed by atoms with Gasteiger partial charge >= 0.3 is 0 Å². The third-order valence-corrected chi connectivity index (χ3v) is 15.4. The summed E-state index contributed by atoms with van der Waals surface area (Å²) in [6, 6.07) is 59.7. The summed E-state index contributed by atoms with van der Waals surface area (Å²) < 4.78 is 4.89. The van der Waals surface area contributed by atoms with Gasteiger partial charge in [0.05, 0.1) is 22.1 Å². The van der Waals surface area contributed by atoms with Crippen LogP contribution in [0.25, 0.3) is 77.2 Å². The summed E-state index contributed by atoms with van der Waals surface area (Å²) in [4.78, 5) is 0. The van der Waals surface area contributed by atoms with Gasteiger partial charge in [-0.3, -0.25) is 0 Å². The van der Waals surface area contributed by atoms with Crippen LogP contribution in [-0.4, -0.2) is 9.13 Å². The van der Waals surface area contributed by atoms with Crippen molar-refractivity contribution in [2.24, 2.45) is 29.1 Å². The Morgan fingerprint density at radius 2 is 0.925 bits per heavy atom. The van der Waals surface area contributed by atoms with Gasteiger partial charge in [0.25, 0.3) is 0 Å². The molecule has 7 aromatic carbocycles. The van der Waals surface area contributed by atoms with E-state index in [2.05, 4.69) is 167 Å². The summed E-state index contributed by atoms with van der Waals surface area (Å²) in [6.45, 7) is 0. The largest absolute Gasteiger partial charge is 0.309 e. The van der Waals surface area contributed by atoms with Gasteiger partial charge in [-0.05, 0) is 130 Å². The predicted molar refractivity (Wildman–Crippen MR) is 217 cm³/mol. The number of benzene rings is 7. The zero-order chi connectivity index (χ0) is 34.2. The average Bonchev–Trinajstić information content (AvgIpc) is 3.81. The van der Waals surface area contributed by atoms with Crippen LogP contribution < -0.4 is 0 Å². The van der Waals surface area contributed by atoms with E-state index >= 15 is 0 Å². The molecular formula is C51H36N2. The van der Waals surface area contributed by atoms with Gasteiger partial charge < -0.3 is 9.13 Å². The Morgan fingerprint density at radius 1 is 0.415 bits per heavy atom. The summed E-state index contributed by atoms with van der Waals surface area (Å²) in [5.41, 5.74) is 17.2. The fourth-order valence-electron chi connectivity index (χ4n) is 13.6. The summed E-state index contributed by atoms with van der Waals surface area (Å²) in [5.74, 6) is 3.71. The Hall–Kier alpha value is -5.86. The molecule has 4 atom stereocenters. The molecule has 5 aliphatic rings.